The number of hydrogen-bond donors (Lipinski definition) is 1. The summed E-state index contributed by atoms with van der Waals surface area (Å²) in [7, 11) is 1.61. The number of methoxy groups -OCH3 is 1. The monoisotopic (exact) mass is 385 g/mol. The van der Waals surface area contributed by atoms with Crippen LogP contribution in [0.15, 0.2) is 48.5 Å². The molecule has 6 nitrogen and oxygen atoms in total. The predicted molar refractivity (Wildman–Crippen MR) is 105 cm³/mol. The highest BCUT2D eigenvalue weighted by Gasteiger charge is 2.26. The fourth-order valence-corrected chi connectivity index (χ4v) is 3.19. The number of nitrogens with one attached hydrogen (secondary N) is 1. The SMILES string of the molecule is COc1ccc(CCNC(=O)C(=O)N2CCN(c3ccccc3F)CC2)cc1. The smallest absolute Gasteiger partial charge is 0.312 e. The quantitative estimate of drug-likeness (QED) is 0.798. The third-order valence-electron chi connectivity index (χ3n) is 4.81. The summed E-state index contributed by atoms with van der Waals surface area (Å²) in [6, 6.07) is 14.1. The van der Waals surface area contributed by atoms with Gasteiger partial charge in [-0.1, -0.05) is 24.3 Å². The molecule has 0 atom stereocenters. The average molecular weight is 385 g/mol. The number of hydrogen-bond acceptors (Lipinski definition) is 4. The summed E-state index contributed by atoms with van der Waals surface area (Å²) in [5.74, 6) is -0.646. The molecule has 3 rings (SSSR count). The van der Waals surface area contributed by atoms with Gasteiger partial charge in [-0.2, -0.15) is 0 Å². The third-order valence-corrected chi connectivity index (χ3v) is 4.81. The highest BCUT2D eigenvalue weighted by Crippen LogP contribution is 2.20. The zero-order chi connectivity index (χ0) is 19.9. The Kier molecular flexibility index (Phi) is 6.47. The Labute approximate surface area is 163 Å². The van der Waals surface area contributed by atoms with Crippen LogP contribution in [0.5, 0.6) is 5.75 Å². The van der Waals surface area contributed by atoms with Crippen LogP contribution in [0.2, 0.25) is 0 Å². The van der Waals surface area contributed by atoms with Gasteiger partial charge >= 0.3 is 11.8 Å². The molecule has 0 spiro atoms. The van der Waals surface area contributed by atoms with E-state index in [1.807, 2.05) is 29.2 Å². The normalized spacial score (nSPS) is 13.9. The van der Waals surface area contributed by atoms with Crippen LogP contribution in [0.4, 0.5) is 10.1 Å². The molecule has 1 N–H and O–H groups in total. The van der Waals surface area contributed by atoms with E-state index in [1.165, 1.54) is 11.0 Å². The molecule has 0 radical (unpaired) electrons. The summed E-state index contributed by atoms with van der Waals surface area (Å²) in [6.07, 6.45) is 0.629. The van der Waals surface area contributed by atoms with Crippen LogP contribution in [0, 0.1) is 5.82 Å². The zero-order valence-electron chi connectivity index (χ0n) is 15.9. The maximum atomic E-state index is 13.9. The number of anilines is 1. The Bertz CT molecular complexity index is 818. The number of rotatable bonds is 5. The van der Waals surface area contributed by atoms with Crippen LogP contribution in [0.3, 0.4) is 0 Å². The summed E-state index contributed by atoms with van der Waals surface area (Å²) >= 11 is 0. The number of nitrogens with zero attached hydrogens (tertiary/aromatic N) is 2. The van der Waals surface area contributed by atoms with Crippen LogP contribution >= 0.6 is 0 Å². The molecule has 0 saturated carbocycles. The van der Waals surface area contributed by atoms with Crippen molar-refractivity contribution in [1.29, 1.82) is 0 Å². The summed E-state index contributed by atoms with van der Waals surface area (Å²) in [6.45, 7) is 2.14. The lowest BCUT2D eigenvalue weighted by Crippen LogP contribution is -2.53. The number of carbonyl (C=O) groups excluding carboxylic acids is 2. The van der Waals surface area contributed by atoms with Gasteiger partial charge in [0, 0.05) is 32.7 Å². The number of piperazine rings is 1. The molecule has 1 aliphatic heterocycles. The van der Waals surface area contributed by atoms with Crippen molar-refractivity contribution in [3.05, 3.63) is 59.9 Å². The molecule has 1 aliphatic rings. The van der Waals surface area contributed by atoms with Crippen molar-refractivity contribution in [2.24, 2.45) is 0 Å². The van der Waals surface area contributed by atoms with Crippen molar-refractivity contribution in [3.8, 4) is 5.75 Å². The summed E-state index contributed by atoms with van der Waals surface area (Å²) in [5, 5.41) is 2.67. The van der Waals surface area contributed by atoms with E-state index in [4.69, 9.17) is 4.74 Å². The molecule has 2 aromatic carbocycles. The second-order valence-corrected chi connectivity index (χ2v) is 6.58. The maximum Gasteiger partial charge on any atom is 0.312 e. The van der Waals surface area contributed by atoms with Gasteiger partial charge in [-0.15, -0.1) is 0 Å². The number of para-hydroxylation sites is 1. The average Bonchev–Trinajstić information content (AvgIpc) is 2.74. The Morgan fingerprint density at radius 2 is 1.71 bits per heavy atom. The van der Waals surface area contributed by atoms with Crippen LogP contribution in [-0.2, 0) is 16.0 Å². The van der Waals surface area contributed by atoms with Crippen LogP contribution in [-0.4, -0.2) is 56.5 Å². The minimum Gasteiger partial charge on any atom is -0.497 e. The van der Waals surface area contributed by atoms with Crippen LogP contribution in [0.1, 0.15) is 5.56 Å². The van der Waals surface area contributed by atoms with E-state index in [1.54, 1.807) is 25.3 Å². The molecular formula is C21H24FN3O3. The van der Waals surface area contributed by atoms with Gasteiger partial charge in [0.1, 0.15) is 11.6 Å². The molecule has 7 heteroatoms. The number of benzene rings is 2. The molecular weight excluding hydrogens is 361 g/mol. The first-order chi connectivity index (χ1) is 13.6. The molecule has 1 saturated heterocycles. The van der Waals surface area contributed by atoms with Gasteiger partial charge < -0.3 is 19.9 Å². The molecule has 0 unspecified atom stereocenters. The maximum absolute atomic E-state index is 13.9. The number of carbonyl (C=O) groups is 2. The molecule has 148 valence electrons. The van der Waals surface area contributed by atoms with Gasteiger partial charge in [-0.25, -0.2) is 4.39 Å². The van der Waals surface area contributed by atoms with Crippen molar-refractivity contribution >= 4 is 17.5 Å². The highest BCUT2D eigenvalue weighted by atomic mass is 19.1. The van der Waals surface area contributed by atoms with E-state index >= 15 is 0 Å². The Hall–Kier alpha value is -3.09. The number of ether oxygens (including phenoxy) is 1. The van der Waals surface area contributed by atoms with Crippen LogP contribution < -0.4 is 15.0 Å². The summed E-state index contributed by atoms with van der Waals surface area (Å²) in [5.41, 5.74) is 1.57. The van der Waals surface area contributed by atoms with Gasteiger partial charge in [-0.3, -0.25) is 9.59 Å². The Morgan fingerprint density at radius 1 is 1.04 bits per heavy atom. The molecule has 0 aromatic heterocycles. The molecule has 2 amide bonds. The Morgan fingerprint density at radius 3 is 2.36 bits per heavy atom. The van der Waals surface area contributed by atoms with E-state index in [0.717, 1.165) is 11.3 Å². The molecule has 2 aromatic rings. The standard InChI is InChI=1S/C21H24FN3O3/c1-28-17-8-6-16(7-9-17)10-11-23-20(26)21(27)25-14-12-24(13-15-25)19-5-3-2-4-18(19)22/h2-9H,10-15H2,1H3,(H,23,26). The first-order valence-corrected chi connectivity index (χ1v) is 9.28. The largest absolute Gasteiger partial charge is 0.497 e. The minimum absolute atomic E-state index is 0.279. The minimum atomic E-state index is -0.604. The number of amides is 2. The van der Waals surface area contributed by atoms with E-state index in [9.17, 15) is 14.0 Å². The second-order valence-electron chi connectivity index (χ2n) is 6.58. The van der Waals surface area contributed by atoms with Crippen molar-refractivity contribution in [3.63, 3.8) is 0 Å². The van der Waals surface area contributed by atoms with E-state index in [-0.39, 0.29) is 5.82 Å². The lowest BCUT2D eigenvalue weighted by atomic mass is 10.1. The van der Waals surface area contributed by atoms with Gasteiger partial charge in [0.05, 0.1) is 12.8 Å². The molecule has 0 bridgehead atoms. The molecule has 28 heavy (non-hydrogen) atoms. The molecule has 1 heterocycles. The van der Waals surface area contributed by atoms with Crippen molar-refractivity contribution in [2.75, 3.05) is 44.7 Å². The topological polar surface area (TPSA) is 61.9 Å². The molecule has 0 aliphatic carbocycles. The fraction of sp³-hybridized carbons (Fsp3) is 0.333. The van der Waals surface area contributed by atoms with Crippen molar-refractivity contribution < 1.29 is 18.7 Å². The first-order valence-electron chi connectivity index (χ1n) is 9.28. The number of halogens is 1. The van der Waals surface area contributed by atoms with Gasteiger partial charge in [-0.05, 0) is 36.2 Å². The van der Waals surface area contributed by atoms with E-state index in [2.05, 4.69) is 5.32 Å². The predicted octanol–water partition coefficient (Wildman–Crippen LogP) is 1.84. The van der Waals surface area contributed by atoms with Crippen LogP contribution in [0.25, 0.3) is 0 Å². The van der Waals surface area contributed by atoms with Gasteiger partial charge in [0.25, 0.3) is 0 Å². The fourth-order valence-electron chi connectivity index (χ4n) is 3.19. The van der Waals surface area contributed by atoms with Crippen molar-refractivity contribution in [1.82, 2.24) is 10.2 Å². The van der Waals surface area contributed by atoms with Gasteiger partial charge in [0.2, 0.25) is 0 Å². The second kappa shape index (κ2) is 9.21. The van der Waals surface area contributed by atoms with E-state index in [0.29, 0.717) is 44.8 Å². The summed E-state index contributed by atoms with van der Waals surface area (Å²) < 4.78 is 19.0. The third kappa shape index (κ3) is 4.79. The van der Waals surface area contributed by atoms with Crippen molar-refractivity contribution in [2.45, 2.75) is 6.42 Å². The summed E-state index contributed by atoms with van der Waals surface area (Å²) in [4.78, 5) is 27.9. The highest BCUT2D eigenvalue weighted by molar-refractivity contribution is 6.35. The van der Waals surface area contributed by atoms with Gasteiger partial charge in [0.15, 0.2) is 0 Å². The lowest BCUT2D eigenvalue weighted by molar-refractivity contribution is -0.146. The zero-order valence-corrected chi connectivity index (χ0v) is 15.9. The first kappa shape index (κ1) is 19.7. The molecule has 1 fully saturated rings. The Balaban J connectivity index is 1.44. The lowest BCUT2D eigenvalue weighted by Gasteiger charge is -2.35. The van der Waals surface area contributed by atoms with E-state index < -0.39 is 11.8 Å².